The van der Waals surface area contributed by atoms with Gasteiger partial charge < -0.3 is 5.32 Å². The second-order valence-corrected chi connectivity index (χ2v) is 8.77. The van der Waals surface area contributed by atoms with E-state index < -0.39 is 0 Å². The van der Waals surface area contributed by atoms with E-state index in [1.807, 2.05) is 11.3 Å². The van der Waals surface area contributed by atoms with Crippen LogP contribution in [0.1, 0.15) is 37.4 Å². The van der Waals surface area contributed by atoms with Gasteiger partial charge in [0.25, 0.3) is 0 Å². The Kier molecular flexibility index (Phi) is 5.35. The van der Waals surface area contributed by atoms with E-state index in [4.69, 9.17) is 0 Å². The number of rotatable bonds is 4. The zero-order chi connectivity index (χ0) is 13.9. The molecule has 1 aliphatic rings. The number of hydrogen-bond acceptors (Lipinski definition) is 4. The highest BCUT2D eigenvalue weighted by molar-refractivity contribution is 7.99. The van der Waals surface area contributed by atoms with Crippen LogP contribution in [0.5, 0.6) is 0 Å². The lowest BCUT2D eigenvalue weighted by Gasteiger charge is -2.32. The van der Waals surface area contributed by atoms with Crippen molar-refractivity contribution in [3.8, 4) is 0 Å². The van der Waals surface area contributed by atoms with Gasteiger partial charge in [0.05, 0.1) is 0 Å². The van der Waals surface area contributed by atoms with Crippen molar-refractivity contribution in [1.82, 2.24) is 10.2 Å². The minimum Gasteiger partial charge on any atom is -0.307 e. The Balaban J connectivity index is 1.86. The summed E-state index contributed by atoms with van der Waals surface area (Å²) in [6, 6.07) is 5.30. The Hall–Kier alpha value is -0.0300. The Morgan fingerprint density at radius 3 is 2.74 bits per heavy atom. The fourth-order valence-electron chi connectivity index (χ4n) is 2.15. The van der Waals surface area contributed by atoms with Crippen LogP contribution in [0.2, 0.25) is 0 Å². The predicted molar refractivity (Wildman–Crippen MR) is 88.1 cm³/mol. The average molecular weight is 299 g/mol. The minimum atomic E-state index is 0.197. The van der Waals surface area contributed by atoms with E-state index in [2.05, 4.69) is 61.8 Å². The standard InChI is InChI=1S/C15H26N2S2/c1-12-11-18-8-7-17(12)10-14-6-5-13(19-14)9-16-15(2,3)4/h5-6,12,16H,7-11H2,1-4H3. The van der Waals surface area contributed by atoms with Crippen molar-refractivity contribution < 1.29 is 0 Å². The molecular weight excluding hydrogens is 272 g/mol. The predicted octanol–water partition coefficient (Wildman–Crippen LogP) is 3.57. The quantitative estimate of drug-likeness (QED) is 0.915. The number of thioether (sulfide) groups is 1. The fraction of sp³-hybridized carbons (Fsp3) is 0.733. The second kappa shape index (κ2) is 6.61. The van der Waals surface area contributed by atoms with Gasteiger partial charge in [-0.25, -0.2) is 0 Å². The van der Waals surface area contributed by atoms with Crippen molar-refractivity contribution in [2.75, 3.05) is 18.1 Å². The van der Waals surface area contributed by atoms with E-state index in [-0.39, 0.29) is 5.54 Å². The van der Waals surface area contributed by atoms with E-state index in [9.17, 15) is 0 Å². The molecule has 0 saturated carbocycles. The molecule has 2 rings (SSSR count). The van der Waals surface area contributed by atoms with E-state index in [1.165, 1.54) is 27.8 Å². The first-order valence-electron chi connectivity index (χ1n) is 7.08. The molecular formula is C15H26N2S2. The van der Waals surface area contributed by atoms with Gasteiger partial charge in [-0.05, 0) is 39.8 Å². The van der Waals surface area contributed by atoms with E-state index in [1.54, 1.807) is 0 Å². The smallest absolute Gasteiger partial charge is 0.0331 e. The molecule has 1 aromatic rings. The van der Waals surface area contributed by atoms with Gasteiger partial charge in [0, 0.05) is 52.5 Å². The highest BCUT2D eigenvalue weighted by atomic mass is 32.2. The van der Waals surface area contributed by atoms with Gasteiger partial charge in [-0.3, -0.25) is 4.90 Å². The van der Waals surface area contributed by atoms with Crippen LogP contribution in [0.3, 0.4) is 0 Å². The number of nitrogens with zero attached hydrogens (tertiary/aromatic N) is 1. The van der Waals surface area contributed by atoms with Gasteiger partial charge in [-0.15, -0.1) is 11.3 Å². The maximum atomic E-state index is 3.56. The normalized spacial score (nSPS) is 21.8. The molecule has 2 nitrogen and oxygen atoms in total. The third-order valence-corrected chi connectivity index (χ3v) is 5.63. The summed E-state index contributed by atoms with van der Waals surface area (Å²) in [5.74, 6) is 2.57. The number of nitrogens with one attached hydrogen (secondary N) is 1. The van der Waals surface area contributed by atoms with Crippen LogP contribution in [0.4, 0.5) is 0 Å². The van der Waals surface area contributed by atoms with E-state index >= 15 is 0 Å². The molecule has 0 radical (unpaired) electrons. The first-order valence-corrected chi connectivity index (χ1v) is 9.05. The monoisotopic (exact) mass is 298 g/mol. The van der Waals surface area contributed by atoms with Gasteiger partial charge in [0.2, 0.25) is 0 Å². The number of thiophene rings is 1. The van der Waals surface area contributed by atoms with Crippen LogP contribution in [0.15, 0.2) is 12.1 Å². The summed E-state index contributed by atoms with van der Waals surface area (Å²) < 4.78 is 0. The van der Waals surface area contributed by atoms with E-state index in [0.717, 1.165) is 19.1 Å². The zero-order valence-corrected chi connectivity index (χ0v) is 14.2. The summed E-state index contributed by atoms with van der Waals surface area (Å²) in [4.78, 5) is 5.57. The van der Waals surface area contributed by atoms with Crippen LogP contribution in [0, 0.1) is 0 Å². The molecule has 0 spiro atoms. The van der Waals surface area contributed by atoms with Crippen LogP contribution in [0.25, 0.3) is 0 Å². The molecule has 1 aromatic heterocycles. The van der Waals surface area contributed by atoms with Crippen LogP contribution in [-0.4, -0.2) is 34.5 Å². The first kappa shape index (κ1) is 15.4. The highest BCUT2D eigenvalue weighted by Gasteiger charge is 2.19. The van der Waals surface area contributed by atoms with Crippen LogP contribution < -0.4 is 5.32 Å². The first-order chi connectivity index (χ1) is 8.94. The average Bonchev–Trinajstić information content (AvgIpc) is 2.77. The zero-order valence-electron chi connectivity index (χ0n) is 12.5. The SMILES string of the molecule is CC1CSCCN1Cc1ccc(CNC(C)(C)C)s1. The maximum Gasteiger partial charge on any atom is 0.0331 e. The van der Waals surface area contributed by atoms with Gasteiger partial charge in [-0.1, -0.05) is 0 Å². The molecule has 0 aromatic carbocycles. The molecule has 1 N–H and O–H groups in total. The fourth-order valence-corrected chi connectivity index (χ4v) is 4.22. The van der Waals surface area contributed by atoms with Crippen molar-refractivity contribution in [3.63, 3.8) is 0 Å². The van der Waals surface area contributed by atoms with Crippen molar-refractivity contribution in [2.24, 2.45) is 0 Å². The van der Waals surface area contributed by atoms with Crippen LogP contribution >= 0.6 is 23.1 Å². The summed E-state index contributed by atoms with van der Waals surface area (Å²) in [6.45, 7) is 12.3. The van der Waals surface area contributed by atoms with Crippen molar-refractivity contribution in [2.45, 2.75) is 52.4 Å². The lowest BCUT2D eigenvalue weighted by Crippen LogP contribution is -2.39. The third-order valence-electron chi connectivity index (χ3n) is 3.37. The third kappa shape index (κ3) is 5.10. The Labute approximate surface area is 126 Å². The lowest BCUT2D eigenvalue weighted by molar-refractivity contribution is 0.226. The minimum absolute atomic E-state index is 0.197. The second-order valence-electron chi connectivity index (χ2n) is 6.37. The highest BCUT2D eigenvalue weighted by Crippen LogP contribution is 2.23. The Bertz CT molecular complexity index is 395. The summed E-state index contributed by atoms with van der Waals surface area (Å²) in [6.07, 6.45) is 0. The summed E-state index contributed by atoms with van der Waals surface area (Å²) in [5.41, 5.74) is 0.197. The van der Waals surface area contributed by atoms with Crippen molar-refractivity contribution in [1.29, 1.82) is 0 Å². The molecule has 0 amide bonds. The molecule has 0 aliphatic carbocycles. The summed E-state index contributed by atoms with van der Waals surface area (Å²) in [7, 11) is 0. The van der Waals surface area contributed by atoms with Gasteiger partial charge in [0.1, 0.15) is 0 Å². The largest absolute Gasteiger partial charge is 0.307 e. The topological polar surface area (TPSA) is 15.3 Å². The van der Waals surface area contributed by atoms with Crippen molar-refractivity contribution in [3.05, 3.63) is 21.9 Å². The van der Waals surface area contributed by atoms with E-state index in [0.29, 0.717) is 0 Å². The molecule has 1 atom stereocenters. The molecule has 1 unspecified atom stereocenters. The maximum absolute atomic E-state index is 3.56. The number of hydrogen-bond donors (Lipinski definition) is 1. The lowest BCUT2D eigenvalue weighted by atomic mass is 10.1. The summed E-state index contributed by atoms with van der Waals surface area (Å²) in [5, 5.41) is 3.56. The molecule has 0 bridgehead atoms. The molecule has 1 aliphatic heterocycles. The molecule has 19 heavy (non-hydrogen) atoms. The molecule has 1 saturated heterocycles. The van der Waals surface area contributed by atoms with Crippen LogP contribution in [-0.2, 0) is 13.1 Å². The van der Waals surface area contributed by atoms with Gasteiger partial charge in [-0.2, -0.15) is 11.8 Å². The van der Waals surface area contributed by atoms with Gasteiger partial charge >= 0.3 is 0 Å². The molecule has 2 heterocycles. The Morgan fingerprint density at radius 1 is 1.32 bits per heavy atom. The Morgan fingerprint density at radius 2 is 2.05 bits per heavy atom. The molecule has 4 heteroatoms. The molecule has 108 valence electrons. The summed E-state index contributed by atoms with van der Waals surface area (Å²) >= 11 is 4.04. The van der Waals surface area contributed by atoms with Crippen molar-refractivity contribution >= 4 is 23.1 Å². The molecule has 1 fully saturated rings. The van der Waals surface area contributed by atoms with Gasteiger partial charge in [0.15, 0.2) is 0 Å².